The Hall–Kier alpha value is -1.85. The molecule has 0 bridgehead atoms. The molecule has 0 unspecified atom stereocenters. The van der Waals surface area contributed by atoms with Crippen molar-refractivity contribution in [3.05, 3.63) is 17.5 Å². The number of aryl methyl sites for hydroxylation is 1. The third-order valence-corrected chi connectivity index (χ3v) is 5.95. The Kier molecular flexibility index (Phi) is 5.16. The van der Waals surface area contributed by atoms with Crippen LogP contribution in [0.1, 0.15) is 75.5 Å². The van der Waals surface area contributed by atoms with Crippen molar-refractivity contribution >= 4 is 11.8 Å². The predicted octanol–water partition coefficient (Wildman–Crippen LogP) is 2.76. The third-order valence-electron chi connectivity index (χ3n) is 5.95. The molecule has 0 saturated carbocycles. The molecule has 2 aliphatic rings. The first-order valence-electron chi connectivity index (χ1n) is 9.61. The number of piperidine rings is 2. The number of amides is 2. The van der Waals surface area contributed by atoms with Gasteiger partial charge in [-0.2, -0.15) is 5.10 Å². The predicted molar refractivity (Wildman–Crippen MR) is 96.3 cm³/mol. The number of nitrogens with one attached hydrogen (secondary N) is 1. The van der Waals surface area contributed by atoms with Crippen LogP contribution in [0.5, 0.6) is 0 Å². The number of H-pyrrole nitrogens is 1. The standard InChI is InChI=1S/C19H30N4O2/c1-4-5-8-15-13-16(21-20-15)18(25)23-12-6-9-17-19(23,3)10-7-11-22(17)14(2)24/h13,17H,4-12H2,1-3H3,(H,20,21)/t17-,19-/m0/s1. The second-order valence-electron chi connectivity index (χ2n) is 7.67. The van der Waals surface area contributed by atoms with Gasteiger partial charge in [0.2, 0.25) is 5.91 Å². The summed E-state index contributed by atoms with van der Waals surface area (Å²) in [6, 6.07) is 2.02. The first-order valence-corrected chi connectivity index (χ1v) is 9.61. The van der Waals surface area contributed by atoms with Gasteiger partial charge in [-0.3, -0.25) is 14.7 Å². The lowest BCUT2D eigenvalue weighted by Crippen LogP contribution is -2.68. The van der Waals surface area contributed by atoms with E-state index in [1.807, 2.05) is 15.9 Å². The summed E-state index contributed by atoms with van der Waals surface area (Å²) in [5, 5.41) is 7.28. The summed E-state index contributed by atoms with van der Waals surface area (Å²) in [7, 11) is 0. The zero-order valence-corrected chi connectivity index (χ0v) is 15.7. The Balaban J connectivity index is 1.82. The summed E-state index contributed by atoms with van der Waals surface area (Å²) >= 11 is 0. The smallest absolute Gasteiger partial charge is 0.274 e. The number of nitrogens with zero attached hydrogens (tertiary/aromatic N) is 3. The van der Waals surface area contributed by atoms with Crippen molar-refractivity contribution in [1.82, 2.24) is 20.0 Å². The highest BCUT2D eigenvalue weighted by molar-refractivity contribution is 5.93. The lowest BCUT2D eigenvalue weighted by molar-refractivity contribution is -0.140. The zero-order chi connectivity index (χ0) is 18.0. The second-order valence-corrected chi connectivity index (χ2v) is 7.67. The summed E-state index contributed by atoms with van der Waals surface area (Å²) in [4.78, 5) is 29.2. The number of hydrogen-bond donors (Lipinski definition) is 1. The molecule has 2 atom stereocenters. The minimum absolute atomic E-state index is 0.00315. The van der Waals surface area contributed by atoms with Crippen molar-refractivity contribution in [2.75, 3.05) is 13.1 Å². The number of fused-ring (bicyclic) bond motifs is 1. The molecule has 3 rings (SSSR count). The van der Waals surface area contributed by atoms with E-state index >= 15 is 0 Å². The lowest BCUT2D eigenvalue weighted by Gasteiger charge is -2.56. The van der Waals surface area contributed by atoms with Crippen LogP contribution in [0.15, 0.2) is 6.07 Å². The summed E-state index contributed by atoms with van der Waals surface area (Å²) in [6.45, 7) is 7.49. The number of carbonyl (C=O) groups is 2. The minimum atomic E-state index is -0.290. The van der Waals surface area contributed by atoms with Crippen molar-refractivity contribution < 1.29 is 9.59 Å². The first kappa shape index (κ1) is 18.0. The van der Waals surface area contributed by atoms with Gasteiger partial charge in [0.15, 0.2) is 0 Å². The van der Waals surface area contributed by atoms with E-state index in [2.05, 4.69) is 24.0 Å². The van der Waals surface area contributed by atoms with Gasteiger partial charge in [0.25, 0.3) is 5.91 Å². The van der Waals surface area contributed by atoms with E-state index in [-0.39, 0.29) is 23.4 Å². The Labute approximate surface area is 149 Å². The van der Waals surface area contributed by atoms with Crippen LogP contribution in [-0.4, -0.2) is 56.5 Å². The molecule has 2 fully saturated rings. The maximum Gasteiger partial charge on any atom is 0.274 e. The minimum Gasteiger partial charge on any atom is -0.338 e. The van der Waals surface area contributed by atoms with E-state index < -0.39 is 0 Å². The van der Waals surface area contributed by atoms with E-state index in [1.54, 1.807) is 6.92 Å². The Morgan fingerprint density at radius 2 is 2.16 bits per heavy atom. The van der Waals surface area contributed by atoms with Gasteiger partial charge in [-0.1, -0.05) is 13.3 Å². The number of rotatable bonds is 4. The van der Waals surface area contributed by atoms with Crippen LogP contribution in [0.25, 0.3) is 0 Å². The molecule has 0 spiro atoms. The van der Waals surface area contributed by atoms with Gasteiger partial charge in [-0.15, -0.1) is 0 Å². The fourth-order valence-electron chi connectivity index (χ4n) is 4.56. The van der Waals surface area contributed by atoms with Crippen molar-refractivity contribution in [1.29, 1.82) is 0 Å². The van der Waals surface area contributed by atoms with Gasteiger partial charge < -0.3 is 9.80 Å². The monoisotopic (exact) mass is 346 g/mol. The number of aromatic nitrogens is 2. The van der Waals surface area contributed by atoms with Crippen LogP contribution in [0, 0.1) is 0 Å². The van der Waals surface area contributed by atoms with E-state index in [9.17, 15) is 9.59 Å². The molecule has 6 heteroatoms. The van der Waals surface area contributed by atoms with Crippen LogP contribution in [0.2, 0.25) is 0 Å². The van der Waals surface area contributed by atoms with Gasteiger partial charge in [-0.25, -0.2) is 0 Å². The van der Waals surface area contributed by atoms with E-state index in [1.165, 1.54) is 0 Å². The highest BCUT2D eigenvalue weighted by Crippen LogP contribution is 2.39. The maximum absolute atomic E-state index is 13.2. The lowest BCUT2D eigenvalue weighted by atomic mass is 9.76. The number of hydrogen-bond acceptors (Lipinski definition) is 3. The van der Waals surface area contributed by atoms with Gasteiger partial charge in [0.05, 0.1) is 11.6 Å². The molecule has 6 nitrogen and oxygen atoms in total. The van der Waals surface area contributed by atoms with Crippen LogP contribution in [-0.2, 0) is 11.2 Å². The molecule has 1 aromatic heterocycles. The second kappa shape index (κ2) is 7.18. The molecular weight excluding hydrogens is 316 g/mol. The molecule has 2 amide bonds. The normalized spacial score (nSPS) is 26.4. The first-order chi connectivity index (χ1) is 12.0. The Bertz CT molecular complexity index is 641. The summed E-state index contributed by atoms with van der Waals surface area (Å²) in [5.74, 6) is 0.114. The van der Waals surface area contributed by atoms with Crippen molar-refractivity contribution in [2.45, 2.75) is 77.3 Å². The fourth-order valence-corrected chi connectivity index (χ4v) is 4.56. The number of unbranched alkanes of at least 4 members (excludes halogenated alkanes) is 1. The van der Waals surface area contributed by atoms with E-state index in [4.69, 9.17) is 0 Å². The molecule has 138 valence electrons. The number of carbonyl (C=O) groups excluding carboxylic acids is 2. The van der Waals surface area contributed by atoms with Gasteiger partial charge >= 0.3 is 0 Å². The fraction of sp³-hybridized carbons (Fsp3) is 0.737. The molecule has 0 aromatic carbocycles. The molecule has 0 aliphatic carbocycles. The Morgan fingerprint density at radius 1 is 1.36 bits per heavy atom. The third kappa shape index (κ3) is 3.31. The van der Waals surface area contributed by atoms with Gasteiger partial charge in [0.1, 0.15) is 5.69 Å². The maximum atomic E-state index is 13.2. The van der Waals surface area contributed by atoms with Crippen molar-refractivity contribution in [3.63, 3.8) is 0 Å². The molecular formula is C19H30N4O2. The average molecular weight is 346 g/mol. The van der Waals surface area contributed by atoms with E-state index in [0.717, 1.165) is 63.7 Å². The van der Waals surface area contributed by atoms with Crippen LogP contribution in [0.3, 0.4) is 0 Å². The molecule has 2 aliphatic heterocycles. The molecule has 1 N–H and O–H groups in total. The van der Waals surface area contributed by atoms with Gasteiger partial charge in [0, 0.05) is 25.7 Å². The molecule has 25 heavy (non-hydrogen) atoms. The number of aromatic amines is 1. The zero-order valence-electron chi connectivity index (χ0n) is 15.7. The molecule has 3 heterocycles. The van der Waals surface area contributed by atoms with Crippen LogP contribution >= 0.6 is 0 Å². The van der Waals surface area contributed by atoms with Crippen molar-refractivity contribution in [2.24, 2.45) is 0 Å². The average Bonchev–Trinajstić information content (AvgIpc) is 3.06. The molecule has 2 saturated heterocycles. The van der Waals surface area contributed by atoms with Crippen LogP contribution < -0.4 is 0 Å². The summed E-state index contributed by atoms with van der Waals surface area (Å²) in [5.41, 5.74) is 1.24. The quantitative estimate of drug-likeness (QED) is 0.911. The SMILES string of the molecule is CCCCc1cc(C(=O)N2CCC[C@@H]3N(C(C)=O)CCC[C@@]32C)n[nH]1. The van der Waals surface area contributed by atoms with E-state index in [0.29, 0.717) is 5.69 Å². The van der Waals surface area contributed by atoms with Gasteiger partial charge in [-0.05, 0) is 51.5 Å². The Morgan fingerprint density at radius 3 is 2.88 bits per heavy atom. The molecule has 0 radical (unpaired) electrons. The largest absolute Gasteiger partial charge is 0.338 e. The summed E-state index contributed by atoms with van der Waals surface area (Å²) in [6.07, 6.45) is 6.93. The number of likely N-dealkylation sites (tertiary alicyclic amines) is 2. The highest BCUT2D eigenvalue weighted by Gasteiger charge is 2.50. The topological polar surface area (TPSA) is 69.3 Å². The van der Waals surface area contributed by atoms with Crippen LogP contribution in [0.4, 0.5) is 0 Å². The molecule has 1 aromatic rings. The highest BCUT2D eigenvalue weighted by atomic mass is 16.2. The summed E-state index contributed by atoms with van der Waals surface area (Å²) < 4.78 is 0. The van der Waals surface area contributed by atoms with Crippen molar-refractivity contribution in [3.8, 4) is 0 Å².